The van der Waals surface area contributed by atoms with Gasteiger partial charge in [-0.15, -0.1) is 0 Å². The molecule has 1 aliphatic rings. The number of rotatable bonds is 6. The zero-order valence-corrected chi connectivity index (χ0v) is 14.6. The van der Waals surface area contributed by atoms with Crippen LogP contribution in [0, 0.1) is 0 Å². The normalized spacial score (nSPS) is 19.0. The molecule has 1 amide bonds. The van der Waals surface area contributed by atoms with Gasteiger partial charge in [0.25, 0.3) is 0 Å². The molecular formula is C18H30N2O3. The van der Waals surface area contributed by atoms with E-state index in [1.54, 1.807) is 6.08 Å². The summed E-state index contributed by atoms with van der Waals surface area (Å²) in [6, 6.07) is 0. The Morgan fingerprint density at radius 2 is 1.96 bits per heavy atom. The lowest BCUT2D eigenvalue weighted by Crippen LogP contribution is -2.51. The second-order valence-corrected chi connectivity index (χ2v) is 7.04. The fraction of sp³-hybridized carbons (Fsp3) is 0.611. The predicted molar refractivity (Wildman–Crippen MR) is 93.3 cm³/mol. The largest absolute Gasteiger partial charge is 0.444 e. The Labute approximate surface area is 139 Å². The van der Waals surface area contributed by atoms with E-state index in [4.69, 9.17) is 4.74 Å². The van der Waals surface area contributed by atoms with Gasteiger partial charge < -0.3 is 15.2 Å². The summed E-state index contributed by atoms with van der Waals surface area (Å²) in [7, 11) is 0. The van der Waals surface area contributed by atoms with Crippen molar-refractivity contribution in [2.45, 2.75) is 44.8 Å². The minimum absolute atomic E-state index is 0.215. The van der Waals surface area contributed by atoms with Gasteiger partial charge in [0.05, 0.1) is 5.60 Å². The summed E-state index contributed by atoms with van der Waals surface area (Å²) in [6.45, 7) is 15.5. The molecular weight excluding hydrogens is 292 g/mol. The van der Waals surface area contributed by atoms with Crippen LogP contribution in [0.4, 0.5) is 4.79 Å². The van der Waals surface area contributed by atoms with Crippen LogP contribution in [0.1, 0.15) is 33.6 Å². The summed E-state index contributed by atoms with van der Waals surface area (Å²) < 4.78 is 5.19. The molecule has 0 bridgehead atoms. The van der Waals surface area contributed by atoms with Crippen molar-refractivity contribution in [3.05, 3.63) is 37.0 Å². The van der Waals surface area contributed by atoms with E-state index in [1.807, 2.05) is 32.9 Å². The molecule has 23 heavy (non-hydrogen) atoms. The molecule has 1 saturated heterocycles. The van der Waals surface area contributed by atoms with Crippen LogP contribution in [-0.4, -0.2) is 53.5 Å². The van der Waals surface area contributed by atoms with E-state index in [0.29, 0.717) is 12.8 Å². The Balaban J connectivity index is 2.41. The minimum Gasteiger partial charge on any atom is -0.444 e. The Hall–Kier alpha value is -1.59. The van der Waals surface area contributed by atoms with Gasteiger partial charge in [-0.2, -0.15) is 0 Å². The molecule has 2 N–H and O–H groups in total. The Kier molecular flexibility index (Phi) is 7.03. The first-order chi connectivity index (χ1) is 10.7. The number of carbonyl (C=O) groups excluding carboxylic acids is 1. The van der Waals surface area contributed by atoms with Gasteiger partial charge in [-0.1, -0.05) is 31.4 Å². The van der Waals surface area contributed by atoms with Crippen molar-refractivity contribution in [1.82, 2.24) is 10.2 Å². The van der Waals surface area contributed by atoms with Crippen LogP contribution >= 0.6 is 0 Å². The van der Waals surface area contributed by atoms with Crippen LogP contribution < -0.4 is 5.32 Å². The van der Waals surface area contributed by atoms with E-state index in [0.717, 1.165) is 25.2 Å². The lowest BCUT2D eigenvalue weighted by atomic mass is 9.91. The van der Waals surface area contributed by atoms with Gasteiger partial charge in [0, 0.05) is 26.2 Å². The summed E-state index contributed by atoms with van der Waals surface area (Å²) in [4.78, 5) is 13.9. The summed E-state index contributed by atoms with van der Waals surface area (Å²) in [5.41, 5.74) is -0.296. The number of hydrogen-bond donors (Lipinski definition) is 2. The quantitative estimate of drug-likeness (QED) is 0.738. The number of amides is 1. The Bertz CT molecular complexity index is 455. The molecule has 0 aromatic rings. The molecule has 0 radical (unpaired) electrons. The van der Waals surface area contributed by atoms with Gasteiger partial charge in [-0.25, -0.2) is 4.79 Å². The fourth-order valence-corrected chi connectivity index (χ4v) is 2.45. The third-order valence-electron chi connectivity index (χ3n) is 3.75. The van der Waals surface area contributed by atoms with Crippen molar-refractivity contribution in [3.63, 3.8) is 0 Å². The van der Waals surface area contributed by atoms with Crippen molar-refractivity contribution in [2.75, 3.05) is 26.2 Å². The van der Waals surface area contributed by atoms with E-state index in [2.05, 4.69) is 23.4 Å². The van der Waals surface area contributed by atoms with Crippen molar-refractivity contribution in [2.24, 2.45) is 0 Å². The number of aliphatic hydroxyl groups is 1. The monoisotopic (exact) mass is 322 g/mol. The molecule has 0 aromatic heterocycles. The van der Waals surface area contributed by atoms with E-state index in [-0.39, 0.29) is 6.54 Å². The number of nitrogens with one attached hydrogen (secondary N) is 1. The first-order valence-corrected chi connectivity index (χ1v) is 8.03. The predicted octanol–water partition coefficient (Wildman–Crippen LogP) is 2.64. The molecule has 1 rings (SSSR count). The summed E-state index contributed by atoms with van der Waals surface area (Å²) in [6.07, 6.45) is 6.26. The van der Waals surface area contributed by atoms with Gasteiger partial charge in [0.2, 0.25) is 0 Å². The van der Waals surface area contributed by atoms with E-state index >= 15 is 0 Å². The topological polar surface area (TPSA) is 61.8 Å². The molecule has 0 aliphatic carbocycles. The smallest absolute Gasteiger partial charge is 0.407 e. The number of carbonyl (C=O) groups is 1. The maximum absolute atomic E-state index is 11.7. The third kappa shape index (κ3) is 7.48. The number of alkyl carbamates (subject to hydrolysis) is 1. The van der Waals surface area contributed by atoms with Crippen molar-refractivity contribution >= 4 is 6.09 Å². The van der Waals surface area contributed by atoms with Gasteiger partial charge in [0.1, 0.15) is 5.60 Å². The van der Waals surface area contributed by atoms with E-state index in [9.17, 15) is 9.90 Å². The molecule has 130 valence electrons. The molecule has 0 spiro atoms. The zero-order valence-electron chi connectivity index (χ0n) is 14.6. The van der Waals surface area contributed by atoms with Crippen LogP contribution in [0.2, 0.25) is 0 Å². The van der Waals surface area contributed by atoms with Crippen LogP contribution in [0.15, 0.2) is 37.0 Å². The first-order valence-electron chi connectivity index (χ1n) is 8.03. The highest BCUT2D eigenvalue weighted by atomic mass is 16.6. The van der Waals surface area contributed by atoms with Gasteiger partial charge in [-0.05, 0) is 39.2 Å². The molecule has 5 heteroatoms. The summed E-state index contributed by atoms with van der Waals surface area (Å²) in [5, 5.41) is 13.2. The number of hydrogen-bond acceptors (Lipinski definition) is 4. The molecule has 1 fully saturated rings. The van der Waals surface area contributed by atoms with Crippen molar-refractivity contribution in [1.29, 1.82) is 0 Å². The molecule has 0 atom stereocenters. The van der Waals surface area contributed by atoms with Crippen LogP contribution in [0.5, 0.6) is 0 Å². The maximum atomic E-state index is 11.7. The zero-order chi connectivity index (χ0) is 17.5. The fourth-order valence-electron chi connectivity index (χ4n) is 2.45. The molecule has 0 aromatic carbocycles. The molecule has 1 aliphatic heterocycles. The van der Waals surface area contributed by atoms with Gasteiger partial charge in [0.15, 0.2) is 0 Å². The number of nitrogens with zero attached hydrogens (tertiary/aromatic N) is 1. The standard InChI is InChI=1S/C18H30N2O3/c1-6-8-15(7-2)13-20-11-9-18(22,10-12-20)14-19-16(21)23-17(3,4)5/h6-8,22H,1-2,9-14H2,3-5H3,(H,19,21)/b15-8+. The second-order valence-electron chi connectivity index (χ2n) is 7.04. The minimum atomic E-state index is -0.871. The summed E-state index contributed by atoms with van der Waals surface area (Å²) >= 11 is 0. The molecule has 1 heterocycles. The third-order valence-corrected chi connectivity index (χ3v) is 3.75. The van der Waals surface area contributed by atoms with Crippen LogP contribution in [0.25, 0.3) is 0 Å². The second kappa shape index (κ2) is 8.31. The van der Waals surface area contributed by atoms with Crippen molar-refractivity contribution < 1.29 is 14.6 Å². The van der Waals surface area contributed by atoms with Crippen molar-refractivity contribution in [3.8, 4) is 0 Å². The lowest BCUT2D eigenvalue weighted by molar-refractivity contribution is -0.0209. The number of ether oxygens (including phenoxy) is 1. The summed E-state index contributed by atoms with van der Waals surface area (Å²) in [5.74, 6) is 0. The molecule has 0 unspecified atom stereocenters. The number of piperidine rings is 1. The van der Waals surface area contributed by atoms with E-state index < -0.39 is 17.3 Å². The number of likely N-dealkylation sites (tertiary alicyclic amines) is 1. The highest BCUT2D eigenvalue weighted by Crippen LogP contribution is 2.22. The van der Waals surface area contributed by atoms with Gasteiger partial charge in [-0.3, -0.25) is 4.90 Å². The first kappa shape index (κ1) is 19.5. The van der Waals surface area contributed by atoms with Crippen LogP contribution in [-0.2, 0) is 4.74 Å². The van der Waals surface area contributed by atoms with E-state index in [1.165, 1.54) is 0 Å². The molecule has 0 saturated carbocycles. The highest BCUT2D eigenvalue weighted by molar-refractivity contribution is 5.67. The maximum Gasteiger partial charge on any atom is 0.407 e. The Morgan fingerprint density at radius 1 is 1.35 bits per heavy atom. The average Bonchev–Trinajstić information content (AvgIpc) is 2.45. The SMILES string of the molecule is C=C/C=C(\C=C)CN1CCC(O)(CNC(=O)OC(C)(C)C)CC1. The highest BCUT2D eigenvalue weighted by Gasteiger charge is 2.33. The number of allylic oxidation sites excluding steroid dienone is 2. The van der Waals surface area contributed by atoms with Crippen LogP contribution in [0.3, 0.4) is 0 Å². The average molecular weight is 322 g/mol. The molecule has 5 nitrogen and oxygen atoms in total. The Morgan fingerprint density at radius 3 is 2.43 bits per heavy atom. The lowest BCUT2D eigenvalue weighted by Gasteiger charge is -2.38. The van der Waals surface area contributed by atoms with Gasteiger partial charge >= 0.3 is 6.09 Å².